The van der Waals surface area contributed by atoms with Crippen LogP contribution in [0.25, 0.3) is 6.08 Å². The molecule has 0 aliphatic carbocycles. The standard InChI is InChI=1S/C18H12F4N2O5S/c19-17(20)18(21,22)29-13-5-14-8(4-12(13)25)3-9(7-30-14)15(26)24-11-6-23-2-1-10(11)16(27)28/h1-6,17,25H,7H2,(H,24,26)(H,27,28). The molecule has 2 aromatic rings. The fraction of sp³-hybridized carbons (Fsp3) is 0.167. The molecule has 158 valence electrons. The van der Waals surface area contributed by atoms with E-state index >= 15 is 0 Å². The topological polar surface area (TPSA) is 109 Å². The highest BCUT2D eigenvalue weighted by atomic mass is 32.2. The van der Waals surface area contributed by atoms with Gasteiger partial charge in [0.25, 0.3) is 5.91 Å². The van der Waals surface area contributed by atoms with Crippen molar-refractivity contribution in [2.45, 2.75) is 17.4 Å². The number of amides is 1. The molecule has 1 amide bonds. The number of nitrogens with zero attached hydrogens (tertiary/aromatic N) is 1. The fourth-order valence-corrected chi connectivity index (χ4v) is 3.48. The molecule has 0 spiro atoms. The monoisotopic (exact) mass is 444 g/mol. The Morgan fingerprint density at radius 3 is 2.70 bits per heavy atom. The van der Waals surface area contributed by atoms with E-state index in [0.717, 1.165) is 23.9 Å². The molecule has 3 rings (SSSR count). The smallest absolute Gasteiger partial charge is 0.461 e. The number of carbonyl (C=O) groups is 2. The van der Waals surface area contributed by atoms with Gasteiger partial charge in [-0.3, -0.25) is 9.78 Å². The summed E-state index contributed by atoms with van der Waals surface area (Å²) in [5.41, 5.74) is 0.277. The number of carbonyl (C=O) groups excluding carboxylic acids is 1. The number of anilines is 1. The van der Waals surface area contributed by atoms with Gasteiger partial charge in [0.2, 0.25) is 0 Å². The van der Waals surface area contributed by atoms with E-state index < -0.39 is 35.9 Å². The summed E-state index contributed by atoms with van der Waals surface area (Å²) >= 11 is 1.02. The van der Waals surface area contributed by atoms with Crippen molar-refractivity contribution in [2.75, 3.05) is 11.1 Å². The van der Waals surface area contributed by atoms with E-state index in [1.807, 2.05) is 0 Å². The largest absolute Gasteiger partial charge is 0.504 e. The van der Waals surface area contributed by atoms with Crippen LogP contribution >= 0.6 is 11.8 Å². The summed E-state index contributed by atoms with van der Waals surface area (Å²) in [7, 11) is 0. The number of nitrogens with one attached hydrogen (secondary N) is 1. The number of rotatable bonds is 6. The Labute approximate surface area is 170 Å². The molecule has 2 heterocycles. The zero-order valence-electron chi connectivity index (χ0n) is 14.7. The van der Waals surface area contributed by atoms with E-state index in [1.54, 1.807) is 0 Å². The van der Waals surface area contributed by atoms with Gasteiger partial charge in [-0.15, -0.1) is 11.8 Å². The summed E-state index contributed by atoms with van der Waals surface area (Å²) in [5.74, 6) is -3.46. The number of hydrogen-bond acceptors (Lipinski definition) is 6. The zero-order chi connectivity index (χ0) is 22.1. The maximum atomic E-state index is 13.1. The SMILES string of the molecule is O=C(Nc1cnccc1C(=O)O)C1=Cc2cc(O)c(OC(F)(F)C(F)F)cc2SC1. The van der Waals surface area contributed by atoms with E-state index in [9.17, 15) is 32.3 Å². The molecule has 0 saturated heterocycles. The number of carboxylic acid groups (broad SMARTS) is 1. The predicted molar refractivity (Wildman–Crippen MR) is 98.2 cm³/mol. The highest BCUT2D eigenvalue weighted by Crippen LogP contribution is 2.41. The number of alkyl halides is 4. The minimum Gasteiger partial charge on any atom is -0.504 e. The number of thioether (sulfide) groups is 1. The van der Waals surface area contributed by atoms with Crippen molar-refractivity contribution in [2.24, 2.45) is 0 Å². The van der Waals surface area contributed by atoms with Gasteiger partial charge in [0, 0.05) is 22.4 Å². The van der Waals surface area contributed by atoms with Crippen molar-refractivity contribution in [3.63, 3.8) is 0 Å². The molecular weight excluding hydrogens is 432 g/mol. The molecule has 12 heteroatoms. The van der Waals surface area contributed by atoms with Crippen LogP contribution in [0.2, 0.25) is 0 Å². The Hall–Kier alpha value is -3.28. The third kappa shape index (κ3) is 4.48. The number of aromatic hydroxyl groups is 1. The van der Waals surface area contributed by atoms with Crippen molar-refractivity contribution in [3.05, 3.63) is 47.3 Å². The molecule has 0 radical (unpaired) electrons. The number of aromatic carboxylic acids is 1. The van der Waals surface area contributed by atoms with Crippen LogP contribution in [-0.4, -0.2) is 45.4 Å². The Morgan fingerprint density at radius 1 is 1.30 bits per heavy atom. The van der Waals surface area contributed by atoms with E-state index in [0.29, 0.717) is 4.90 Å². The first-order valence-electron chi connectivity index (χ1n) is 8.12. The van der Waals surface area contributed by atoms with E-state index in [1.165, 1.54) is 24.5 Å². The van der Waals surface area contributed by atoms with Crippen LogP contribution in [-0.2, 0) is 4.79 Å². The number of hydrogen-bond donors (Lipinski definition) is 3. The van der Waals surface area contributed by atoms with Gasteiger partial charge in [-0.2, -0.15) is 17.6 Å². The van der Waals surface area contributed by atoms with Crippen molar-refractivity contribution in [3.8, 4) is 11.5 Å². The number of phenols is 1. The molecule has 1 aromatic heterocycles. The molecule has 1 aromatic carbocycles. The lowest BCUT2D eigenvalue weighted by atomic mass is 10.1. The number of ether oxygens (including phenoxy) is 1. The van der Waals surface area contributed by atoms with Gasteiger partial charge >= 0.3 is 18.5 Å². The predicted octanol–water partition coefficient (Wildman–Crippen LogP) is 3.85. The molecular formula is C18H12F4N2O5S. The number of aromatic nitrogens is 1. The average Bonchev–Trinajstić information content (AvgIpc) is 2.68. The number of fused-ring (bicyclic) bond motifs is 1. The first-order valence-corrected chi connectivity index (χ1v) is 9.11. The van der Waals surface area contributed by atoms with Gasteiger partial charge in [-0.05, 0) is 29.8 Å². The normalized spacial score (nSPS) is 13.4. The highest BCUT2D eigenvalue weighted by Gasteiger charge is 2.44. The zero-order valence-corrected chi connectivity index (χ0v) is 15.6. The summed E-state index contributed by atoms with van der Waals surface area (Å²) < 4.78 is 54.8. The second-order valence-electron chi connectivity index (χ2n) is 5.96. The fourth-order valence-electron chi connectivity index (χ4n) is 2.48. The van der Waals surface area contributed by atoms with Crippen LogP contribution in [0.1, 0.15) is 15.9 Å². The van der Waals surface area contributed by atoms with Crippen molar-refractivity contribution in [1.29, 1.82) is 0 Å². The van der Waals surface area contributed by atoms with Gasteiger partial charge in [0.15, 0.2) is 11.5 Å². The molecule has 0 unspecified atom stereocenters. The number of phenolic OH excluding ortho intramolecular Hbond substituents is 1. The molecule has 1 aliphatic heterocycles. The lowest BCUT2D eigenvalue weighted by Crippen LogP contribution is -2.33. The lowest BCUT2D eigenvalue weighted by Gasteiger charge is -2.21. The molecule has 0 saturated carbocycles. The Kier molecular flexibility index (Phi) is 5.87. The first-order chi connectivity index (χ1) is 14.1. The molecule has 3 N–H and O–H groups in total. The van der Waals surface area contributed by atoms with E-state index in [2.05, 4.69) is 15.0 Å². The number of benzene rings is 1. The van der Waals surface area contributed by atoms with Crippen molar-refractivity contribution < 1.29 is 42.1 Å². The van der Waals surface area contributed by atoms with Gasteiger partial charge < -0.3 is 20.3 Å². The van der Waals surface area contributed by atoms with Gasteiger partial charge in [0.05, 0.1) is 17.4 Å². The quantitative estimate of drug-likeness (QED) is 0.581. The summed E-state index contributed by atoms with van der Waals surface area (Å²) in [5, 5.41) is 21.4. The average molecular weight is 444 g/mol. The molecule has 0 atom stereocenters. The Bertz CT molecular complexity index is 1050. The van der Waals surface area contributed by atoms with Crippen molar-refractivity contribution in [1.82, 2.24) is 4.98 Å². The number of halogens is 4. The molecule has 0 fully saturated rings. The minimum atomic E-state index is -4.78. The van der Waals surface area contributed by atoms with Gasteiger partial charge in [-0.1, -0.05) is 0 Å². The second-order valence-corrected chi connectivity index (χ2v) is 6.98. The van der Waals surface area contributed by atoms with Crippen LogP contribution in [0.4, 0.5) is 23.2 Å². The number of pyridine rings is 1. The molecule has 30 heavy (non-hydrogen) atoms. The summed E-state index contributed by atoms with van der Waals surface area (Å²) in [6.45, 7) is 0. The first kappa shape index (κ1) is 21.4. The van der Waals surface area contributed by atoms with Crippen LogP contribution in [0.3, 0.4) is 0 Å². The maximum absolute atomic E-state index is 13.1. The molecule has 1 aliphatic rings. The summed E-state index contributed by atoms with van der Waals surface area (Å²) in [6, 6.07) is 3.19. The second kappa shape index (κ2) is 8.22. The van der Waals surface area contributed by atoms with Crippen LogP contribution in [0, 0.1) is 0 Å². The van der Waals surface area contributed by atoms with E-state index in [4.69, 9.17) is 5.11 Å². The van der Waals surface area contributed by atoms with Crippen molar-refractivity contribution >= 4 is 35.4 Å². The summed E-state index contributed by atoms with van der Waals surface area (Å²) in [6.07, 6.45) is -5.08. The van der Waals surface area contributed by atoms with Crippen LogP contribution in [0.15, 0.2) is 41.1 Å². The third-order valence-electron chi connectivity index (χ3n) is 3.90. The highest BCUT2D eigenvalue weighted by molar-refractivity contribution is 7.99. The Morgan fingerprint density at radius 2 is 2.03 bits per heavy atom. The van der Waals surface area contributed by atoms with E-state index in [-0.39, 0.29) is 28.1 Å². The number of carboxylic acids is 1. The maximum Gasteiger partial charge on any atom is 0.461 e. The Balaban J connectivity index is 1.84. The third-order valence-corrected chi connectivity index (χ3v) is 5.02. The van der Waals surface area contributed by atoms with Gasteiger partial charge in [0.1, 0.15) is 0 Å². The molecule has 0 bridgehead atoms. The van der Waals surface area contributed by atoms with Gasteiger partial charge in [-0.25, -0.2) is 4.79 Å². The molecule has 7 nitrogen and oxygen atoms in total. The van der Waals surface area contributed by atoms with Crippen LogP contribution in [0.5, 0.6) is 11.5 Å². The minimum absolute atomic E-state index is 0.0208. The van der Waals surface area contributed by atoms with Crippen LogP contribution < -0.4 is 10.1 Å². The summed E-state index contributed by atoms with van der Waals surface area (Å²) in [4.78, 5) is 27.8. The lowest BCUT2D eigenvalue weighted by molar-refractivity contribution is -0.253.